The second kappa shape index (κ2) is 15.4. The molecule has 28 heavy (non-hydrogen) atoms. The summed E-state index contributed by atoms with van der Waals surface area (Å²) in [5, 5.41) is 0. The van der Waals surface area contributed by atoms with Crippen molar-refractivity contribution in [3.8, 4) is 0 Å². The van der Waals surface area contributed by atoms with Crippen molar-refractivity contribution in [2.45, 2.75) is 90.3 Å². The van der Waals surface area contributed by atoms with Crippen molar-refractivity contribution in [3.63, 3.8) is 0 Å². The molecular weight excluding hydrogens is 356 g/mol. The Morgan fingerprint density at radius 2 is 1.75 bits per heavy atom. The van der Waals surface area contributed by atoms with Crippen LogP contribution in [0.25, 0.3) is 0 Å². The molecule has 6 atom stereocenters. The van der Waals surface area contributed by atoms with Crippen molar-refractivity contribution in [1.82, 2.24) is 0 Å². The van der Waals surface area contributed by atoms with Crippen LogP contribution in [-0.2, 0) is 23.7 Å². The van der Waals surface area contributed by atoms with E-state index >= 15 is 0 Å². The quantitative estimate of drug-likeness (QED) is 0.270. The van der Waals surface area contributed by atoms with Gasteiger partial charge in [0.25, 0.3) is 0 Å². The second-order valence-corrected chi connectivity index (χ2v) is 8.02. The maximum Gasteiger partial charge on any atom is 0.163 e. The average Bonchev–Trinajstić information content (AvgIpc) is 2.70. The van der Waals surface area contributed by atoms with Gasteiger partial charge in [-0.1, -0.05) is 59.0 Å². The fraction of sp³-hybridized carbons (Fsp3) is 0.913. The molecule has 5 nitrogen and oxygen atoms in total. The highest BCUT2D eigenvalue weighted by molar-refractivity contribution is 4.86. The summed E-state index contributed by atoms with van der Waals surface area (Å²) in [7, 11) is 3.51. The monoisotopic (exact) mass is 400 g/mol. The minimum Gasteiger partial charge on any atom is -0.382 e. The van der Waals surface area contributed by atoms with Crippen LogP contribution in [0.15, 0.2) is 12.7 Å². The Bertz CT molecular complexity index is 389. The lowest BCUT2D eigenvalue weighted by molar-refractivity contribution is -0.272. The van der Waals surface area contributed by atoms with Crippen LogP contribution in [0.5, 0.6) is 0 Å². The van der Waals surface area contributed by atoms with Gasteiger partial charge in [-0.05, 0) is 12.8 Å². The standard InChI is InChI=1S/C23H44O5/c1-7-9-10-11-12-13-20(25-6)14-16-26-22-18(3)21(17-24-5)28-23(19(22)4)27-15-8-2/h8,18-23H,2,7,9-17H2,1,3-6H3. The van der Waals surface area contributed by atoms with Crippen LogP contribution in [-0.4, -0.2) is 58.6 Å². The van der Waals surface area contributed by atoms with Gasteiger partial charge in [-0.3, -0.25) is 0 Å². The number of rotatable bonds is 16. The molecule has 0 aliphatic carbocycles. The summed E-state index contributed by atoms with van der Waals surface area (Å²) in [5.74, 6) is 0.395. The first kappa shape index (κ1) is 25.6. The van der Waals surface area contributed by atoms with Gasteiger partial charge in [-0.25, -0.2) is 0 Å². The van der Waals surface area contributed by atoms with Crippen molar-refractivity contribution in [1.29, 1.82) is 0 Å². The van der Waals surface area contributed by atoms with Crippen LogP contribution < -0.4 is 0 Å². The van der Waals surface area contributed by atoms with Gasteiger partial charge >= 0.3 is 0 Å². The summed E-state index contributed by atoms with van der Waals surface area (Å²) in [5.41, 5.74) is 0. The Morgan fingerprint density at radius 3 is 2.39 bits per heavy atom. The number of methoxy groups -OCH3 is 2. The SMILES string of the molecule is C=CCOC1OC(COC)C(C)C(OCCC(CCCCCCC)OC)C1C. The summed E-state index contributed by atoms with van der Waals surface area (Å²) in [6.07, 6.45) is 10.3. The van der Waals surface area contributed by atoms with Crippen LogP contribution >= 0.6 is 0 Å². The third kappa shape index (κ3) is 8.91. The van der Waals surface area contributed by atoms with Crippen molar-refractivity contribution >= 4 is 0 Å². The lowest BCUT2D eigenvalue weighted by Crippen LogP contribution is -2.52. The van der Waals surface area contributed by atoms with E-state index in [1.165, 1.54) is 32.1 Å². The zero-order valence-corrected chi connectivity index (χ0v) is 18.9. The predicted octanol–water partition coefficient (Wildman–Crippen LogP) is 4.98. The Kier molecular flexibility index (Phi) is 14.1. The first-order chi connectivity index (χ1) is 13.6. The number of hydrogen-bond acceptors (Lipinski definition) is 5. The fourth-order valence-corrected chi connectivity index (χ4v) is 3.97. The summed E-state index contributed by atoms with van der Waals surface area (Å²) in [6.45, 7) is 12.0. The van der Waals surface area contributed by atoms with Crippen LogP contribution in [0.1, 0.15) is 65.7 Å². The van der Waals surface area contributed by atoms with E-state index in [1.807, 2.05) is 7.11 Å². The van der Waals surface area contributed by atoms with E-state index in [9.17, 15) is 0 Å². The van der Waals surface area contributed by atoms with Gasteiger partial charge in [-0.15, -0.1) is 6.58 Å². The molecule has 1 saturated heterocycles. The predicted molar refractivity (Wildman–Crippen MR) is 114 cm³/mol. The second-order valence-electron chi connectivity index (χ2n) is 8.02. The van der Waals surface area contributed by atoms with Gasteiger partial charge in [0.05, 0.1) is 31.5 Å². The molecule has 0 aromatic heterocycles. The fourth-order valence-electron chi connectivity index (χ4n) is 3.97. The van der Waals surface area contributed by atoms with Crippen LogP contribution in [0, 0.1) is 11.8 Å². The smallest absolute Gasteiger partial charge is 0.163 e. The van der Waals surface area contributed by atoms with Crippen molar-refractivity contribution in [2.75, 3.05) is 34.0 Å². The zero-order chi connectivity index (χ0) is 20.8. The normalized spacial score (nSPS) is 29.0. The molecule has 1 rings (SSSR count). The molecule has 0 amide bonds. The number of unbranched alkanes of at least 4 members (excludes halogenated alkanes) is 4. The van der Waals surface area contributed by atoms with E-state index in [-0.39, 0.29) is 36.4 Å². The maximum atomic E-state index is 6.35. The van der Waals surface area contributed by atoms with Gasteiger partial charge in [0, 0.05) is 32.7 Å². The molecular formula is C23H44O5. The van der Waals surface area contributed by atoms with E-state index in [1.54, 1.807) is 13.2 Å². The number of ether oxygens (including phenoxy) is 5. The summed E-state index contributed by atoms with van der Waals surface area (Å²) < 4.78 is 29.3. The molecule has 0 spiro atoms. The summed E-state index contributed by atoms with van der Waals surface area (Å²) in [4.78, 5) is 0. The van der Waals surface area contributed by atoms with Crippen LogP contribution in [0.2, 0.25) is 0 Å². The van der Waals surface area contributed by atoms with E-state index in [4.69, 9.17) is 23.7 Å². The molecule has 0 aromatic rings. The van der Waals surface area contributed by atoms with Gasteiger partial charge in [0.2, 0.25) is 0 Å². The van der Waals surface area contributed by atoms with Gasteiger partial charge in [-0.2, -0.15) is 0 Å². The van der Waals surface area contributed by atoms with Crippen molar-refractivity contribution < 1.29 is 23.7 Å². The lowest BCUT2D eigenvalue weighted by Gasteiger charge is -2.44. The molecule has 166 valence electrons. The highest BCUT2D eigenvalue weighted by Gasteiger charge is 2.42. The van der Waals surface area contributed by atoms with Gasteiger partial charge in [0.15, 0.2) is 6.29 Å². The summed E-state index contributed by atoms with van der Waals surface area (Å²) in [6, 6.07) is 0. The van der Waals surface area contributed by atoms with Crippen molar-refractivity contribution in [3.05, 3.63) is 12.7 Å². The van der Waals surface area contributed by atoms with E-state index < -0.39 is 0 Å². The molecule has 6 unspecified atom stereocenters. The first-order valence-electron chi connectivity index (χ1n) is 11.1. The Morgan fingerprint density at radius 1 is 1.00 bits per heavy atom. The van der Waals surface area contributed by atoms with E-state index in [0.717, 1.165) is 12.8 Å². The molecule has 1 aliphatic heterocycles. The minimum absolute atomic E-state index is 0.0298. The number of hydrogen-bond donors (Lipinski definition) is 0. The Labute approximate surface area is 173 Å². The zero-order valence-electron chi connectivity index (χ0n) is 18.9. The third-order valence-corrected chi connectivity index (χ3v) is 5.78. The Balaban J connectivity index is 2.49. The van der Waals surface area contributed by atoms with E-state index in [2.05, 4.69) is 27.4 Å². The molecule has 0 saturated carbocycles. The van der Waals surface area contributed by atoms with E-state index in [0.29, 0.717) is 19.8 Å². The highest BCUT2D eigenvalue weighted by atomic mass is 16.7. The molecule has 1 fully saturated rings. The molecule has 1 heterocycles. The lowest BCUT2D eigenvalue weighted by atomic mass is 9.85. The third-order valence-electron chi connectivity index (χ3n) is 5.78. The molecule has 1 aliphatic rings. The minimum atomic E-state index is -0.295. The molecule has 0 N–H and O–H groups in total. The van der Waals surface area contributed by atoms with Crippen LogP contribution in [0.4, 0.5) is 0 Å². The van der Waals surface area contributed by atoms with Crippen LogP contribution in [0.3, 0.4) is 0 Å². The van der Waals surface area contributed by atoms with Gasteiger partial charge in [0.1, 0.15) is 0 Å². The molecule has 0 aromatic carbocycles. The maximum absolute atomic E-state index is 6.35. The largest absolute Gasteiger partial charge is 0.382 e. The average molecular weight is 401 g/mol. The topological polar surface area (TPSA) is 46.2 Å². The van der Waals surface area contributed by atoms with Gasteiger partial charge < -0.3 is 23.7 Å². The Hall–Kier alpha value is -0.460. The first-order valence-corrected chi connectivity index (χ1v) is 11.1. The summed E-state index contributed by atoms with van der Waals surface area (Å²) >= 11 is 0. The highest BCUT2D eigenvalue weighted by Crippen LogP contribution is 2.33. The molecule has 0 bridgehead atoms. The molecule has 5 heteroatoms. The molecule has 0 radical (unpaired) electrons. The van der Waals surface area contributed by atoms with Crippen molar-refractivity contribution in [2.24, 2.45) is 11.8 Å².